The number of nitrogen functional groups attached to an aromatic ring is 1. The van der Waals surface area contributed by atoms with Crippen molar-refractivity contribution in [2.45, 2.75) is 13.0 Å². The number of hydrogen-bond donors (Lipinski definition) is 2. The highest BCUT2D eigenvalue weighted by Crippen LogP contribution is 2.27. The van der Waals surface area contributed by atoms with Crippen molar-refractivity contribution >= 4 is 11.6 Å². The van der Waals surface area contributed by atoms with Gasteiger partial charge in [-0.2, -0.15) is 4.52 Å². The molecule has 2 atom stereocenters. The van der Waals surface area contributed by atoms with Crippen molar-refractivity contribution in [1.29, 1.82) is 0 Å². The Morgan fingerprint density at radius 1 is 1.18 bits per heavy atom. The molecule has 4 rings (SSSR count). The lowest BCUT2D eigenvalue weighted by Gasteiger charge is -2.20. The van der Waals surface area contributed by atoms with Crippen LogP contribution in [0.1, 0.15) is 18.5 Å². The van der Waals surface area contributed by atoms with E-state index in [1.54, 1.807) is 25.5 Å². The van der Waals surface area contributed by atoms with Gasteiger partial charge in [-0.1, -0.05) is 25.1 Å². The van der Waals surface area contributed by atoms with Gasteiger partial charge in [0.25, 0.3) is 0 Å². The van der Waals surface area contributed by atoms with E-state index < -0.39 is 0 Å². The Kier molecular flexibility index (Phi) is 4.81. The highest BCUT2D eigenvalue weighted by Gasteiger charge is 2.17. The molecule has 28 heavy (non-hydrogen) atoms. The topological polar surface area (TPSA) is 117 Å². The van der Waals surface area contributed by atoms with E-state index in [1.165, 1.54) is 4.52 Å². The Hall–Kier alpha value is -3.23. The molecule has 0 aliphatic rings. The molecule has 0 saturated heterocycles. The van der Waals surface area contributed by atoms with Crippen molar-refractivity contribution < 1.29 is 9.15 Å². The zero-order valence-corrected chi connectivity index (χ0v) is 15.7. The summed E-state index contributed by atoms with van der Waals surface area (Å²) in [6.45, 7) is 2.66. The number of benzene rings is 1. The molecule has 0 aliphatic heterocycles. The first-order valence-corrected chi connectivity index (χ1v) is 8.99. The monoisotopic (exact) mass is 378 g/mol. The van der Waals surface area contributed by atoms with E-state index in [0.717, 1.165) is 11.1 Å². The van der Waals surface area contributed by atoms with Crippen molar-refractivity contribution in [2.24, 2.45) is 11.7 Å². The summed E-state index contributed by atoms with van der Waals surface area (Å²) in [6, 6.07) is 13.3. The number of methoxy groups -OCH3 is 1. The van der Waals surface area contributed by atoms with Crippen molar-refractivity contribution in [2.75, 3.05) is 19.5 Å². The van der Waals surface area contributed by atoms with E-state index in [-0.39, 0.29) is 17.9 Å². The second-order valence-corrected chi connectivity index (χ2v) is 6.77. The maximum Gasteiger partial charge on any atom is 0.223 e. The number of aromatic nitrogens is 4. The van der Waals surface area contributed by atoms with E-state index >= 15 is 0 Å². The summed E-state index contributed by atoms with van der Waals surface area (Å²) >= 11 is 0. The fourth-order valence-corrected chi connectivity index (χ4v) is 3.17. The highest BCUT2D eigenvalue weighted by atomic mass is 16.5. The summed E-state index contributed by atoms with van der Waals surface area (Å²) in [6.07, 6.45) is 1.58. The molecular formula is C20H22N6O2. The normalized spacial score (nSPS) is 13.7. The lowest BCUT2D eigenvalue weighted by molar-refractivity contribution is 0.147. The lowest BCUT2D eigenvalue weighted by Crippen LogP contribution is -2.22. The molecule has 8 nitrogen and oxygen atoms in total. The first kappa shape index (κ1) is 18.1. The van der Waals surface area contributed by atoms with Crippen LogP contribution in [-0.4, -0.2) is 33.3 Å². The predicted molar refractivity (Wildman–Crippen MR) is 106 cm³/mol. The van der Waals surface area contributed by atoms with Gasteiger partial charge in [0.2, 0.25) is 11.8 Å². The predicted octanol–water partition coefficient (Wildman–Crippen LogP) is 2.92. The van der Waals surface area contributed by atoms with Gasteiger partial charge in [-0.05, 0) is 29.7 Å². The fourth-order valence-electron chi connectivity index (χ4n) is 3.17. The number of ether oxygens (including phenoxy) is 1. The molecule has 0 amide bonds. The first-order valence-electron chi connectivity index (χ1n) is 8.99. The molecule has 144 valence electrons. The van der Waals surface area contributed by atoms with Crippen LogP contribution in [0.5, 0.6) is 0 Å². The van der Waals surface area contributed by atoms with Crippen LogP contribution < -0.4 is 11.5 Å². The van der Waals surface area contributed by atoms with Crippen LogP contribution >= 0.6 is 0 Å². The second-order valence-electron chi connectivity index (χ2n) is 6.77. The summed E-state index contributed by atoms with van der Waals surface area (Å²) in [5.74, 6) is 1.47. The Morgan fingerprint density at radius 2 is 2.04 bits per heavy atom. The third-order valence-corrected chi connectivity index (χ3v) is 4.70. The summed E-state index contributed by atoms with van der Waals surface area (Å²) in [5.41, 5.74) is 15.7. The molecule has 0 saturated carbocycles. The smallest absolute Gasteiger partial charge is 0.223 e. The van der Waals surface area contributed by atoms with Gasteiger partial charge in [0.05, 0.1) is 18.6 Å². The molecule has 0 bridgehead atoms. The van der Waals surface area contributed by atoms with E-state index in [9.17, 15) is 0 Å². The summed E-state index contributed by atoms with van der Waals surface area (Å²) in [7, 11) is 1.68. The SMILES string of the molecule is COCC(C)C(N)c1cccc(-c2cc3nc(-c4ccco4)nn3c(N)n2)c1. The Bertz CT molecular complexity index is 1090. The average Bonchev–Trinajstić information content (AvgIpc) is 3.37. The molecule has 4 aromatic rings. The number of nitrogens with two attached hydrogens (primary N) is 2. The number of furan rings is 1. The zero-order valence-electron chi connectivity index (χ0n) is 15.7. The van der Waals surface area contributed by atoms with Crippen LogP contribution in [0, 0.1) is 5.92 Å². The second kappa shape index (κ2) is 7.41. The standard InChI is InChI=1S/C20H22N6O2/c1-12(11-27-2)18(21)14-6-3-5-13(9-14)15-10-17-24-19(16-7-4-8-28-16)25-26(17)20(22)23-15/h3-10,12,18H,11,21H2,1-2H3,(H2,22,23). The molecule has 0 spiro atoms. The lowest BCUT2D eigenvalue weighted by atomic mass is 9.94. The van der Waals surface area contributed by atoms with E-state index in [1.807, 2.05) is 30.3 Å². The third kappa shape index (κ3) is 3.35. The zero-order chi connectivity index (χ0) is 19.7. The third-order valence-electron chi connectivity index (χ3n) is 4.70. The van der Waals surface area contributed by atoms with E-state index in [2.05, 4.69) is 22.0 Å². The van der Waals surface area contributed by atoms with Crippen LogP contribution in [0.25, 0.3) is 28.5 Å². The van der Waals surface area contributed by atoms with Crippen LogP contribution in [0.15, 0.2) is 53.1 Å². The van der Waals surface area contributed by atoms with Crippen molar-refractivity contribution in [1.82, 2.24) is 19.6 Å². The number of hydrogen-bond acceptors (Lipinski definition) is 7. The first-order chi connectivity index (χ1) is 13.6. The van der Waals surface area contributed by atoms with Gasteiger partial charge in [0, 0.05) is 24.8 Å². The molecule has 2 unspecified atom stereocenters. The van der Waals surface area contributed by atoms with Gasteiger partial charge >= 0.3 is 0 Å². The van der Waals surface area contributed by atoms with Crippen molar-refractivity contribution in [3.05, 3.63) is 54.3 Å². The molecule has 0 radical (unpaired) electrons. The van der Waals surface area contributed by atoms with Gasteiger partial charge in [-0.15, -0.1) is 5.10 Å². The molecule has 8 heteroatoms. The van der Waals surface area contributed by atoms with Gasteiger partial charge in [-0.25, -0.2) is 9.97 Å². The quantitative estimate of drug-likeness (QED) is 0.529. The molecule has 3 aromatic heterocycles. The van der Waals surface area contributed by atoms with Crippen molar-refractivity contribution in [3.63, 3.8) is 0 Å². The fraction of sp³-hybridized carbons (Fsp3) is 0.250. The largest absolute Gasteiger partial charge is 0.461 e. The minimum absolute atomic E-state index is 0.139. The summed E-state index contributed by atoms with van der Waals surface area (Å²) < 4.78 is 12.1. The molecule has 0 fully saturated rings. The minimum Gasteiger partial charge on any atom is -0.461 e. The van der Waals surface area contributed by atoms with Crippen LogP contribution in [0.4, 0.5) is 5.95 Å². The van der Waals surface area contributed by atoms with Gasteiger partial charge < -0.3 is 20.6 Å². The van der Waals surface area contributed by atoms with Gasteiger partial charge in [0.1, 0.15) is 0 Å². The minimum atomic E-state index is -0.139. The molecule has 0 aliphatic carbocycles. The van der Waals surface area contributed by atoms with E-state index in [0.29, 0.717) is 29.5 Å². The Balaban J connectivity index is 1.72. The average molecular weight is 378 g/mol. The van der Waals surface area contributed by atoms with Crippen molar-refractivity contribution in [3.8, 4) is 22.8 Å². The van der Waals surface area contributed by atoms with Crippen LogP contribution in [0.3, 0.4) is 0 Å². The Labute approximate surface area is 162 Å². The number of anilines is 1. The Morgan fingerprint density at radius 3 is 2.79 bits per heavy atom. The summed E-state index contributed by atoms with van der Waals surface area (Å²) in [5, 5.41) is 4.37. The maximum atomic E-state index is 6.39. The molecular weight excluding hydrogens is 356 g/mol. The molecule has 1 aromatic carbocycles. The summed E-state index contributed by atoms with van der Waals surface area (Å²) in [4.78, 5) is 9.00. The molecule has 3 heterocycles. The van der Waals surface area contributed by atoms with E-state index in [4.69, 9.17) is 20.6 Å². The van der Waals surface area contributed by atoms with Crippen LogP contribution in [0.2, 0.25) is 0 Å². The number of fused-ring (bicyclic) bond motifs is 1. The van der Waals surface area contributed by atoms with Crippen LogP contribution in [-0.2, 0) is 4.74 Å². The van der Waals surface area contributed by atoms with Gasteiger partial charge in [-0.3, -0.25) is 0 Å². The molecule has 4 N–H and O–H groups in total. The number of rotatable bonds is 6. The van der Waals surface area contributed by atoms with Gasteiger partial charge in [0.15, 0.2) is 11.4 Å². The highest BCUT2D eigenvalue weighted by molar-refractivity contribution is 5.67. The maximum absolute atomic E-state index is 6.39. The number of nitrogens with zero attached hydrogens (tertiary/aromatic N) is 4.